The second-order valence-electron chi connectivity index (χ2n) is 9.13. The maximum atomic E-state index is 10.6. The number of benzene rings is 2. The van der Waals surface area contributed by atoms with Crippen LogP contribution in [0.25, 0.3) is 0 Å². The summed E-state index contributed by atoms with van der Waals surface area (Å²) in [5.74, 6) is 1.85. The van der Waals surface area contributed by atoms with Crippen molar-refractivity contribution in [3.8, 4) is 0 Å². The average Bonchev–Trinajstić information content (AvgIpc) is 3.42. The Morgan fingerprint density at radius 2 is 1.66 bits per heavy atom. The molecule has 0 saturated heterocycles. The van der Waals surface area contributed by atoms with Crippen LogP contribution in [0.1, 0.15) is 62.2 Å². The lowest BCUT2D eigenvalue weighted by Gasteiger charge is -2.27. The first-order chi connectivity index (χ1) is 15.7. The molecule has 1 N–H and O–H groups in total. The molecule has 2 aliphatic carbocycles. The summed E-state index contributed by atoms with van der Waals surface area (Å²) >= 11 is 0. The van der Waals surface area contributed by atoms with E-state index in [0.29, 0.717) is 24.2 Å². The highest BCUT2D eigenvalue weighted by Gasteiger charge is 2.46. The first-order valence-corrected chi connectivity index (χ1v) is 11.9. The van der Waals surface area contributed by atoms with Gasteiger partial charge in [0.05, 0.1) is 0 Å². The summed E-state index contributed by atoms with van der Waals surface area (Å²) in [5.41, 5.74) is 2.20. The van der Waals surface area contributed by atoms with Crippen molar-refractivity contribution in [3.05, 3.63) is 83.9 Å². The summed E-state index contributed by atoms with van der Waals surface area (Å²) < 4.78 is 0. The van der Waals surface area contributed by atoms with Crippen molar-refractivity contribution >= 4 is 12.2 Å². The number of hydrogen-bond donors (Lipinski definition) is 1. The van der Waals surface area contributed by atoms with Crippen LogP contribution in [0.4, 0.5) is 0 Å². The number of rotatable bonds is 11. The molecule has 2 aliphatic rings. The fourth-order valence-electron chi connectivity index (χ4n) is 5.52. The molecule has 2 bridgehead atoms. The number of hydrogen-bond acceptors (Lipinski definition) is 3. The lowest BCUT2D eigenvalue weighted by Crippen LogP contribution is -2.23. The number of fused-ring (bicyclic) bond motifs is 2. The summed E-state index contributed by atoms with van der Waals surface area (Å²) in [6, 6.07) is 20.5. The molecule has 0 aliphatic heterocycles. The van der Waals surface area contributed by atoms with E-state index >= 15 is 0 Å². The number of carboxylic acids is 1. The molecule has 4 nitrogen and oxygen atoms in total. The van der Waals surface area contributed by atoms with E-state index in [1.807, 2.05) is 36.4 Å². The molecule has 0 aromatic heterocycles. The number of unbranched alkanes of at least 4 members (excludes halogenated alkanes) is 1. The van der Waals surface area contributed by atoms with Gasteiger partial charge in [-0.05, 0) is 67.4 Å². The summed E-state index contributed by atoms with van der Waals surface area (Å²) in [6.45, 7) is 0. The molecule has 2 saturated carbocycles. The van der Waals surface area contributed by atoms with Crippen LogP contribution in [0.3, 0.4) is 0 Å². The van der Waals surface area contributed by atoms with E-state index in [1.165, 1.54) is 19.3 Å². The molecule has 168 valence electrons. The quantitative estimate of drug-likeness (QED) is 0.188. The molecule has 0 spiro atoms. The second kappa shape index (κ2) is 11.1. The van der Waals surface area contributed by atoms with Crippen LogP contribution in [0.2, 0.25) is 0 Å². The Labute approximate surface area is 191 Å². The maximum Gasteiger partial charge on any atom is 0.303 e. The average molecular weight is 432 g/mol. The summed E-state index contributed by atoms with van der Waals surface area (Å²) in [5, 5.41) is 13.3. The minimum atomic E-state index is -0.716. The normalized spacial score (nSPS) is 24.7. The van der Waals surface area contributed by atoms with E-state index in [-0.39, 0.29) is 12.5 Å². The molecule has 0 heterocycles. The third kappa shape index (κ3) is 5.67. The number of carboxylic acid groups (broad SMARTS) is 1. The molecule has 0 amide bonds. The van der Waals surface area contributed by atoms with Crippen molar-refractivity contribution in [2.75, 3.05) is 0 Å². The lowest BCUT2D eigenvalue weighted by molar-refractivity contribution is -0.137. The van der Waals surface area contributed by atoms with Crippen molar-refractivity contribution in [2.24, 2.45) is 28.8 Å². The Kier molecular flexibility index (Phi) is 7.76. The molecule has 2 aromatic rings. The molecule has 4 atom stereocenters. The molecule has 0 radical (unpaired) electrons. The van der Waals surface area contributed by atoms with Crippen LogP contribution >= 0.6 is 0 Å². The number of allylic oxidation sites excluding steroid dienone is 2. The summed E-state index contributed by atoms with van der Waals surface area (Å²) in [7, 11) is 0. The molecular formula is C28H33NO3. The largest absolute Gasteiger partial charge is 0.481 e. The van der Waals surface area contributed by atoms with E-state index in [9.17, 15) is 4.79 Å². The van der Waals surface area contributed by atoms with Crippen molar-refractivity contribution in [3.63, 3.8) is 0 Å². The van der Waals surface area contributed by atoms with Gasteiger partial charge in [0.25, 0.3) is 0 Å². The summed E-state index contributed by atoms with van der Waals surface area (Å²) in [4.78, 5) is 16.8. The Morgan fingerprint density at radius 3 is 2.31 bits per heavy atom. The Balaban J connectivity index is 1.39. The van der Waals surface area contributed by atoms with Crippen LogP contribution in [0.5, 0.6) is 0 Å². The van der Waals surface area contributed by atoms with E-state index < -0.39 is 5.97 Å². The minimum absolute atomic E-state index is 0.208. The Morgan fingerprint density at radius 1 is 1.00 bits per heavy atom. The number of nitrogens with zero attached hydrogens (tertiary/aromatic N) is 1. The van der Waals surface area contributed by atoms with E-state index in [0.717, 1.165) is 29.9 Å². The summed E-state index contributed by atoms with van der Waals surface area (Å²) in [6.07, 6.45) is 13.0. The van der Waals surface area contributed by atoms with Gasteiger partial charge in [-0.2, -0.15) is 0 Å². The highest BCUT2D eigenvalue weighted by atomic mass is 16.6. The zero-order valence-corrected chi connectivity index (χ0v) is 18.6. The smallest absolute Gasteiger partial charge is 0.303 e. The van der Waals surface area contributed by atoms with Gasteiger partial charge in [0.2, 0.25) is 0 Å². The SMILES string of the molecule is O=C(O)CCCC=CC[C@@H]1C(C=NOC(c2ccccc2)c2ccccc2)[C@@H]2CC[C@H]1C2. The third-order valence-electron chi connectivity index (χ3n) is 7.10. The maximum absolute atomic E-state index is 10.6. The van der Waals surface area contributed by atoms with Crippen molar-refractivity contribution in [2.45, 2.75) is 51.0 Å². The van der Waals surface area contributed by atoms with Gasteiger partial charge in [-0.15, -0.1) is 0 Å². The van der Waals surface area contributed by atoms with E-state index in [1.54, 1.807) is 0 Å². The lowest BCUT2D eigenvalue weighted by atomic mass is 9.78. The Bertz CT molecular complexity index is 869. The predicted octanol–water partition coefficient (Wildman–Crippen LogP) is 6.64. The van der Waals surface area contributed by atoms with Crippen molar-refractivity contribution in [1.82, 2.24) is 0 Å². The van der Waals surface area contributed by atoms with Crippen LogP contribution in [-0.4, -0.2) is 17.3 Å². The zero-order valence-electron chi connectivity index (χ0n) is 18.6. The molecule has 2 fully saturated rings. The third-order valence-corrected chi connectivity index (χ3v) is 7.10. The van der Waals surface area contributed by atoms with Crippen LogP contribution in [0.15, 0.2) is 78.0 Å². The molecule has 4 rings (SSSR count). The molecule has 1 unspecified atom stereocenters. The highest BCUT2D eigenvalue weighted by Crippen LogP contribution is 2.53. The van der Waals surface area contributed by atoms with Gasteiger partial charge in [0.15, 0.2) is 6.10 Å². The van der Waals surface area contributed by atoms with E-state index in [2.05, 4.69) is 47.8 Å². The minimum Gasteiger partial charge on any atom is -0.481 e. The molecule has 4 heteroatoms. The monoisotopic (exact) mass is 431 g/mol. The molecule has 2 aromatic carbocycles. The van der Waals surface area contributed by atoms with Gasteiger partial charge in [0, 0.05) is 18.6 Å². The Hall–Kier alpha value is -2.88. The first kappa shape index (κ1) is 22.3. The fraction of sp³-hybridized carbons (Fsp3) is 0.429. The van der Waals surface area contributed by atoms with Gasteiger partial charge >= 0.3 is 5.97 Å². The van der Waals surface area contributed by atoms with Gasteiger partial charge in [0.1, 0.15) is 0 Å². The number of oxime groups is 1. The van der Waals surface area contributed by atoms with Crippen molar-refractivity contribution in [1.29, 1.82) is 0 Å². The number of aliphatic carboxylic acids is 1. The predicted molar refractivity (Wildman–Crippen MR) is 127 cm³/mol. The van der Waals surface area contributed by atoms with Gasteiger partial charge in [-0.3, -0.25) is 4.79 Å². The topological polar surface area (TPSA) is 58.9 Å². The highest BCUT2D eigenvalue weighted by molar-refractivity contribution is 5.66. The van der Waals surface area contributed by atoms with Gasteiger partial charge in [-0.25, -0.2) is 0 Å². The molecule has 32 heavy (non-hydrogen) atoms. The van der Waals surface area contributed by atoms with Crippen LogP contribution < -0.4 is 0 Å². The van der Waals surface area contributed by atoms with Crippen LogP contribution in [0, 0.1) is 23.7 Å². The second-order valence-corrected chi connectivity index (χ2v) is 9.13. The number of carbonyl (C=O) groups is 1. The first-order valence-electron chi connectivity index (χ1n) is 11.9. The standard InChI is InChI=1S/C28H33NO3/c30-27(31)16-10-2-1-9-15-25-23-17-18-24(19-23)26(25)20-29-32-28(21-11-5-3-6-12-21)22-13-7-4-8-14-22/h1,3-9,11-14,20,23-26,28H,2,10,15-19H2,(H,30,31)/t23-,24+,25-,26?/m0/s1. The van der Waals surface area contributed by atoms with E-state index in [4.69, 9.17) is 9.94 Å². The molecular weight excluding hydrogens is 398 g/mol. The van der Waals surface area contributed by atoms with Crippen LogP contribution in [-0.2, 0) is 9.63 Å². The van der Waals surface area contributed by atoms with Gasteiger partial charge < -0.3 is 9.94 Å². The van der Waals surface area contributed by atoms with Crippen molar-refractivity contribution < 1.29 is 14.7 Å². The fourth-order valence-corrected chi connectivity index (χ4v) is 5.52. The van der Waals surface area contributed by atoms with Gasteiger partial charge in [-0.1, -0.05) is 78.0 Å². The zero-order chi connectivity index (χ0) is 22.2.